The van der Waals surface area contributed by atoms with E-state index >= 15 is 0 Å². The van der Waals surface area contributed by atoms with E-state index in [9.17, 15) is 19.5 Å². The zero-order valence-electron chi connectivity index (χ0n) is 27.2. The molecule has 1 heterocycles. The van der Waals surface area contributed by atoms with E-state index in [0.717, 1.165) is 24.0 Å². The summed E-state index contributed by atoms with van der Waals surface area (Å²) in [5, 5.41) is 20.8. The maximum absolute atomic E-state index is 14.0. The van der Waals surface area contributed by atoms with Gasteiger partial charge in [0, 0.05) is 25.0 Å². The van der Waals surface area contributed by atoms with Crippen LogP contribution in [0.25, 0.3) is 0 Å². The molecule has 2 aromatic rings. The molecule has 0 aliphatic carbocycles. The summed E-state index contributed by atoms with van der Waals surface area (Å²) < 4.78 is 5.49. The van der Waals surface area contributed by atoms with Crippen LogP contribution in [0.3, 0.4) is 0 Å². The number of alkyl carbamates (subject to hydrolysis) is 1. The van der Waals surface area contributed by atoms with E-state index in [4.69, 9.17) is 4.74 Å². The lowest BCUT2D eigenvalue weighted by Crippen LogP contribution is -2.55. The Labute approximate surface area is 263 Å². The summed E-state index contributed by atoms with van der Waals surface area (Å²) in [4.78, 5) is 42.2. The number of nitrogens with one attached hydrogen (secondary N) is 3. The first-order valence-electron chi connectivity index (χ1n) is 15.9. The van der Waals surface area contributed by atoms with Gasteiger partial charge in [-0.15, -0.1) is 0 Å². The molecule has 0 bridgehead atoms. The Bertz CT molecular complexity index is 1180. The third-order valence-electron chi connectivity index (χ3n) is 8.13. The Balaban J connectivity index is 1.81. The van der Waals surface area contributed by atoms with Gasteiger partial charge >= 0.3 is 6.09 Å². The summed E-state index contributed by atoms with van der Waals surface area (Å²) in [5.74, 6) is -1.12. The number of amides is 3. The zero-order chi connectivity index (χ0) is 32.3. The van der Waals surface area contributed by atoms with Gasteiger partial charge < -0.3 is 30.7 Å². The van der Waals surface area contributed by atoms with Gasteiger partial charge in [-0.25, -0.2) is 4.79 Å². The van der Waals surface area contributed by atoms with Crippen LogP contribution in [-0.2, 0) is 27.2 Å². The minimum Gasteiger partial charge on any atom is -0.444 e. The molecule has 1 aliphatic heterocycles. The molecule has 4 N–H and O–H groups in total. The first-order chi connectivity index (χ1) is 20.9. The minimum atomic E-state index is -1.06. The van der Waals surface area contributed by atoms with Gasteiger partial charge in [0.05, 0.1) is 12.1 Å². The van der Waals surface area contributed by atoms with Crippen molar-refractivity contribution in [2.45, 2.75) is 96.6 Å². The van der Waals surface area contributed by atoms with Crippen LogP contribution in [0.4, 0.5) is 4.79 Å². The molecule has 2 aromatic carbocycles. The van der Waals surface area contributed by atoms with Crippen molar-refractivity contribution < 1.29 is 24.2 Å². The SMILES string of the molecule is CNC1CCN(C(=O)[C@@H](NC(=O)[C@@H](Cc2ccccc2)C[C@@H](O)[C@H](Cc2ccccc2)NC(=O)OC(C)(C)C)C(C)C)CC1. The molecule has 3 amide bonds. The van der Waals surface area contributed by atoms with Crippen LogP contribution in [-0.4, -0.2) is 77.9 Å². The van der Waals surface area contributed by atoms with E-state index in [1.54, 1.807) is 20.8 Å². The Hall–Kier alpha value is -3.43. The monoisotopic (exact) mass is 608 g/mol. The van der Waals surface area contributed by atoms with Crippen molar-refractivity contribution in [3.05, 3.63) is 71.8 Å². The smallest absolute Gasteiger partial charge is 0.407 e. The van der Waals surface area contributed by atoms with E-state index < -0.39 is 35.8 Å². The summed E-state index contributed by atoms with van der Waals surface area (Å²) in [6.45, 7) is 10.5. The summed E-state index contributed by atoms with van der Waals surface area (Å²) in [6, 6.07) is 18.2. The first-order valence-corrected chi connectivity index (χ1v) is 15.9. The maximum Gasteiger partial charge on any atom is 0.407 e. The summed E-state index contributed by atoms with van der Waals surface area (Å²) in [5.41, 5.74) is 1.17. The highest BCUT2D eigenvalue weighted by Gasteiger charge is 2.35. The molecular weight excluding hydrogens is 556 g/mol. The van der Waals surface area contributed by atoms with Crippen molar-refractivity contribution >= 4 is 17.9 Å². The van der Waals surface area contributed by atoms with Gasteiger partial charge in [-0.3, -0.25) is 9.59 Å². The highest BCUT2D eigenvalue weighted by molar-refractivity contribution is 5.89. The molecule has 0 radical (unpaired) electrons. The zero-order valence-corrected chi connectivity index (χ0v) is 27.2. The van der Waals surface area contributed by atoms with E-state index in [1.807, 2.05) is 86.5 Å². The largest absolute Gasteiger partial charge is 0.444 e. The van der Waals surface area contributed by atoms with Gasteiger partial charge in [0.1, 0.15) is 11.6 Å². The molecular formula is C35H52N4O5. The number of ether oxygens (including phenoxy) is 1. The molecule has 0 aromatic heterocycles. The Morgan fingerprint density at radius 2 is 1.45 bits per heavy atom. The first kappa shape index (κ1) is 35.1. The van der Waals surface area contributed by atoms with Crippen LogP contribution >= 0.6 is 0 Å². The number of aliphatic hydroxyl groups excluding tert-OH is 1. The molecule has 0 unspecified atom stereocenters. The van der Waals surface area contributed by atoms with Gasteiger partial charge in [-0.05, 0) is 77.0 Å². The number of likely N-dealkylation sites (tertiary alicyclic amines) is 1. The fourth-order valence-electron chi connectivity index (χ4n) is 5.62. The van der Waals surface area contributed by atoms with Gasteiger partial charge in [0.25, 0.3) is 0 Å². The van der Waals surface area contributed by atoms with Gasteiger partial charge in [-0.2, -0.15) is 0 Å². The molecule has 9 nitrogen and oxygen atoms in total. The second kappa shape index (κ2) is 16.6. The van der Waals surface area contributed by atoms with Crippen molar-refractivity contribution in [1.82, 2.24) is 20.9 Å². The predicted molar refractivity (Wildman–Crippen MR) is 173 cm³/mol. The number of rotatable bonds is 13. The summed E-state index contributed by atoms with van der Waals surface area (Å²) >= 11 is 0. The second-order valence-corrected chi connectivity index (χ2v) is 13.3. The highest BCUT2D eigenvalue weighted by atomic mass is 16.6. The number of nitrogens with zero attached hydrogens (tertiary/aromatic N) is 1. The van der Waals surface area contributed by atoms with Gasteiger partial charge in [-0.1, -0.05) is 74.5 Å². The van der Waals surface area contributed by atoms with Crippen molar-refractivity contribution in [2.75, 3.05) is 20.1 Å². The molecule has 1 saturated heterocycles. The second-order valence-electron chi connectivity index (χ2n) is 13.3. The number of benzene rings is 2. The molecule has 44 heavy (non-hydrogen) atoms. The average molecular weight is 609 g/mol. The fourth-order valence-corrected chi connectivity index (χ4v) is 5.62. The van der Waals surface area contributed by atoms with Gasteiger partial charge in [0.15, 0.2) is 0 Å². The van der Waals surface area contributed by atoms with E-state index in [0.29, 0.717) is 32.0 Å². The van der Waals surface area contributed by atoms with Crippen LogP contribution < -0.4 is 16.0 Å². The molecule has 242 valence electrons. The fraction of sp³-hybridized carbons (Fsp3) is 0.571. The van der Waals surface area contributed by atoms with Crippen molar-refractivity contribution in [3.8, 4) is 0 Å². The highest BCUT2D eigenvalue weighted by Crippen LogP contribution is 2.21. The van der Waals surface area contributed by atoms with E-state index in [2.05, 4.69) is 16.0 Å². The molecule has 1 aliphatic rings. The third kappa shape index (κ3) is 11.2. The molecule has 9 heteroatoms. The van der Waals surface area contributed by atoms with E-state index in [-0.39, 0.29) is 24.2 Å². The average Bonchev–Trinajstić information content (AvgIpc) is 2.98. The normalized spacial score (nSPS) is 17.0. The van der Waals surface area contributed by atoms with Crippen LogP contribution in [0.15, 0.2) is 60.7 Å². The molecule has 4 atom stereocenters. The summed E-state index contributed by atoms with van der Waals surface area (Å²) in [7, 11) is 1.94. The Morgan fingerprint density at radius 3 is 1.95 bits per heavy atom. The number of piperidine rings is 1. The molecule has 3 rings (SSSR count). The van der Waals surface area contributed by atoms with E-state index in [1.165, 1.54) is 0 Å². The van der Waals surface area contributed by atoms with Crippen molar-refractivity contribution in [3.63, 3.8) is 0 Å². The third-order valence-corrected chi connectivity index (χ3v) is 8.13. The number of aliphatic hydroxyl groups is 1. The Morgan fingerprint density at radius 1 is 0.909 bits per heavy atom. The molecule has 1 fully saturated rings. The quantitative estimate of drug-likeness (QED) is 0.272. The molecule has 0 spiro atoms. The van der Waals surface area contributed by atoms with Crippen LogP contribution in [0.2, 0.25) is 0 Å². The number of hydrogen-bond donors (Lipinski definition) is 4. The lowest BCUT2D eigenvalue weighted by atomic mass is 9.88. The lowest BCUT2D eigenvalue weighted by Gasteiger charge is -2.36. The Kier molecular flexibility index (Phi) is 13.2. The van der Waals surface area contributed by atoms with Crippen LogP contribution in [0.1, 0.15) is 65.0 Å². The van der Waals surface area contributed by atoms with Crippen molar-refractivity contribution in [1.29, 1.82) is 0 Å². The number of carbonyl (C=O) groups is 3. The molecule has 0 saturated carbocycles. The standard InChI is InChI=1S/C35H52N4O5/c1-24(2)31(33(42)39-19-17-28(36-6)18-20-39)38-32(41)27(21-25-13-9-7-10-14-25)23-30(40)29(22-26-15-11-8-12-16-26)37-34(43)44-35(3,4)5/h7-16,24,27-31,36,40H,17-23H2,1-6H3,(H,37,43)(H,38,41)/t27-,29-,30+,31-/m0/s1. The topological polar surface area (TPSA) is 120 Å². The summed E-state index contributed by atoms with van der Waals surface area (Å²) in [6.07, 6.45) is 0.872. The van der Waals surface area contributed by atoms with Gasteiger partial charge in [0.2, 0.25) is 11.8 Å². The minimum absolute atomic E-state index is 0.0736. The number of carbonyl (C=O) groups excluding carboxylic acids is 3. The van der Waals surface area contributed by atoms with Crippen molar-refractivity contribution in [2.24, 2.45) is 11.8 Å². The van der Waals surface area contributed by atoms with Crippen LogP contribution in [0, 0.1) is 11.8 Å². The van der Waals surface area contributed by atoms with Crippen LogP contribution in [0.5, 0.6) is 0 Å². The maximum atomic E-state index is 14.0. The lowest BCUT2D eigenvalue weighted by molar-refractivity contribution is -0.139. The number of hydrogen-bond acceptors (Lipinski definition) is 6. The predicted octanol–water partition coefficient (Wildman–Crippen LogP) is 4.08.